The van der Waals surface area contributed by atoms with Crippen molar-refractivity contribution >= 4 is 10.0 Å². The normalized spacial score (nSPS) is 21.9. The Morgan fingerprint density at radius 2 is 2.29 bits per heavy atom. The van der Waals surface area contributed by atoms with Gasteiger partial charge in [0.2, 0.25) is 10.0 Å². The molecule has 0 amide bonds. The molecule has 0 aliphatic carbocycles. The number of rotatable bonds is 7. The molecule has 2 N–H and O–H groups in total. The quantitative estimate of drug-likeness (QED) is 0.638. The first-order chi connectivity index (χ1) is 7.99. The van der Waals surface area contributed by atoms with Gasteiger partial charge in [-0.3, -0.25) is 0 Å². The van der Waals surface area contributed by atoms with Crippen LogP contribution in [0.1, 0.15) is 13.8 Å². The van der Waals surface area contributed by atoms with Crippen LogP contribution in [0, 0.1) is 0 Å². The molecule has 0 bridgehead atoms. The molecule has 102 valence electrons. The summed E-state index contributed by atoms with van der Waals surface area (Å²) in [6.45, 7) is 6.43. The summed E-state index contributed by atoms with van der Waals surface area (Å²) in [4.78, 5) is 0. The van der Waals surface area contributed by atoms with E-state index in [9.17, 15) is 8.42 Å². The monoisotopic (exact) mass is 266 g/mol. The fraction of sp³-hybridized carbons (Fsp3) is 1.00. The molecule has 0 spiro atoms. The molecule has 0 aromatic rings. The van der Waals surface area contributed by atoms with E-state index in [4.69, 9.17) is 9.47 Å². The lowest BCUT2D eigenvalue weighted by Gasteiger charge is -2.23. The van der Waals surface area contributed by atoms with Crippen LogP contribution in [0.3, 0.4) is 0 Å². The van der Waals surface area contributed by atoms with Crippen LogP contribution in [0.4, 0.5) is 0 Å². The molecule has 1 unspecified atom stereocenters. The van der Waals surface area contributed by atoms with E-state index < -0.39 is 10.0 Å². The third kappa shape index (κ3) is 6.95. The molecule has 7 heteroatoms. The van der Waals surface area contributed by atoms with Crippen molar-refractivity contribution in [2.24, 2.45) is 0 Å². The van der Waals surface area contributed by atoms with Gasteiger partial charge in [-0.2, -0.15) is 0 Å². The van der Waals surface area contributed by atoms with Crippen LogP contribution in [-0.2, 0) is 19.5 Å². The van der Waals surface area contributed by atoms with Gasteiger partial charge in [-0.15, -0.1) is 0 Å². The van der Waals surface area contributed by atoms with Crippen molar-refractivity contribution < 1.29 is 17.9 Å². The van der Waals surface area contributed by atoms with Gasteiger partial charge in [0.1, 0.15) is 0 Å². The molecular weight excluding hydrogens is 244 g/mol. The largest absolute Gasteiger partial charge is 0.378 e. The minimum absolute atomic E-state index is 0.00860. The van der Waals surface area contributed by atoms with E-state index in [1.807, 2.05) is 13.8 Å². The van der Waals surface area contributed by atoms with Gasteiger partial charge in [-0.05, 0) is 13.8 Å². The summed E-state index contributed by atoms with van der Waals surface area (Å²) >= 11 is 0. The molecular formula is C10H22N2O4S. The van der Waals surface area contributed by atoms with Crippen molar-refractivity contribution in [3.05, 3.63) is 0 Å². The average molecular weight is 266 g/mol. The van der Waals surface area contributed by atoms with Crippen LogP contribution in [0.5, 0.6) is 0 Å². The number of nitrogens with one attached hydrogen (secondary N) is 2. The molecule has 0 aromatic heterocycles. The molecule has 0 radical (unpaired) electrons. The zero-order chi connectivity index (χ0) is 12.7. The fourth-order valence-electron chi connectivity index (χ4n) is 1.44. The van der Waals surface area contributed by atoms with Gasteiger partial charge in [0.25, 0.3) is 0 Å². The van der Waals surface area contributed by atoms with E-state index in [1.54, 1.807) is 0 Å². The van der Waals surface area contributed by atoms with E-state index >= 15 is 0 Å². The van der Waals surface area contributed by atoms with Crippen molar-refractivity contribution in [1.29, 1.82) is 0 Å². The highest BCUT2D eigenvalue weighted by Gasteiger charge is 2.17. The highest BCUT2D eigenvalue weighted by molar-refractivity contribution is 7.89. The van der Waals surface area contributed by atoms with Gasteiger partial charge in [0, 0.05) is 19.6 Å². The Morgan fingerprint density at radius 1 is 1.53 bits per heavy atom. The Kier molecular flexibility index (Phi) is 6.35. The van der Waals surface area contributed by atoms with Crippen LogP contribution < -0.4 is 10.0 Å². The zero-order valence-corrected chi connectivity index (χ0v) is 11.3. The lowest BCUT2D eigenvalue weighted by atomic mass is 10.3. The van der Waals surface area contributed by atoms with E-state index in [0.29, 0.717) is 19.7 Å². The predicted octanol–water partition coefficient (Wildman–Crippen LogP) is -0.681. The zero-order valence-electron chi connectivity index (χ0n) is 10.4. The van der Waals surface area contributed by atoms with E-state index in [2.05, 4.69) is 10.0 Å². The molecule has 0 saturated carbocycles. The minimum atomic E-state index is -3.26. The van der Waals surface area contributed by atoms with Gasteiger partial charge in [-0.1, -0.05) is 0 Å². The summed E-state index contributed by atoms with van der Waals surface area (Å²) in [5.74, 6) is -0.00860. The Balaban J connectivity index is 2.19. The summed E-state index contributed by atoms with van der Waals surface area (Å²) in [5.41, 5.74) is 0. The predicted molar refractivity (Wildman–Crippen MR) is 65.5 cm³/mol. The van der Waals surface area contributed by atoms with Crippen LogP contribution in [0.25, 0.3) is 0 Å². The van der Waals surface area contributed by atoms with Crippen molar-refractivity contribution in [3.63, 3.8) is 0 Å². The summed E-state index contributed by atoms with van der Waals surface area (Å²) in [5, 5.41) is 3.14. The molecule has 1 saturated heterocycles. The second-order valence-electron chi connectivity index (χ2n) is 4.28. The third-order valence-corrected chi connectivity index (χ3v) is 3.65. The number of ether oxygens (including phenoxy) is 2. The molecule has 1 aliphatic heterocycles. The third-order valence-electron chi connectivity index (χ3n) is 2.34. The van der Waals surface area contributed by atoms with Gasteiger partial charge in [0.05, 0.1) is 31.2 Å². The summed E-state index contributed by atoms with van der Waals surface area (Å²) in [6, 6.07) is 0. The number of morpholine rings is 1. The van der Waals surface area contributed by atoms with E-state index in [0.717, 1.165) is 6.54 Å². The highest BCUT2D eigenvalue weighted by atomic mass is 32.2. The highest BCUT2D eigenvalue weighted by Crippen LogP contribution is 1.96. The topological polar surface area (TPSA) is 76.7 Å². The molecule has 6 nitrogen and oxygen atoms in total. The molecule has 0 aromatic carbocycles. The fourth-order valence-corrected chi connectivity index (χ4v) is 2.34. The van der Waals surface area contributed by atoms with Gasteiger partial charge in [-0.25, -0.2) is 13.1 Å². The molecule has 17 heavy (non-hydrogen) atoms. The van der Waals surface area contributed by atoms with Gasteiger partial charge in [0.15, 0.2) is 0 Å². The van der Waals surface area contributed by atoms with Crippen LogP contribution >= 0.6 is 0 Å². The van der Waals surface area contributed by atoms with Gasteiger partial charge >= 0.3 is 0 Å². The smallest absolute Gasteiger partial charge is 0.213 e. The SMILES string of the molecule is CC(C)OCCS(=O)(=O)NCC1CNCCO1. The number of hydrogen-bond donors (Lipinski definition) is 2. The second kappa shape index (κ2) is 7.27. The Hall–Kier alpha value is -0.210. The van der Waals surface area contributed by atoms with Gasteiger partial charge < -0.3 is 14.8 Å². The first kappa shape index (κ1) is 14.8. The minimum Gasteiger partial charge on any atom is -0.378 e. The maximum atomic E-state index is 11.6. The van der Waals surface area contributed by atoms with E-state index in [1.165, 1.54) is 0 Å². The lowest BCUT2D eigenvalue weighted by Crippen LogP contribution is -2.45. The molecule has 1 aliphatic rings. The second-order valence-corrected chi connectivity index (χ2v) is 6.21. The van der Waals surface area contributed by atoms with Crippen molar-refractivity contribution in [1.82, 2.24) is 10.0 Å². The average Bonchev–Trinajstić information content (AvgIpc) is 2.27. The van der Waals surface area contributed by atoms with Crippen LogP contribution in [0.2, 0.25) is 0 Å². The molecule has 1 rings (SSSR count). The lowest BCUT2D eigenvalue weighted by molar-refractivity contribution is 0.0323. The summed E-state index contributed by atoms with van der Waals surface area (Å²) in [7, 11) is -3.26. The standard InChI is InChI=1S/C10H22N2O4S/c1-9(2)15-5-6-17(13,14)12-8-10-7-11-3-4-16-10/h9-12H,3-8H2,1-2H3. The Morgan fingerprint density at radius 3 is 2.88 bits per heavy atom. The van der Waals surface area contributed by atoms with Crippen LogP contribution in [-0.4, -0.2) is 59.2 Å². The first-order valence-corrected chi connectivity index (χ1v) is 7.56. The maximum Gasteiger partial charge on any atom is 0.213 e. The van der Waals surface area contributed by atoms with Crippen molar-refractivity contribution in [2.75, 3.05) is 38.6 Å². The number of sulfonamides is 1. The van der Waals surface area contributed by atoms with E-state index in [-0.39, 0.29) is 24.6 Å². The van der Waals surface area contributed by atoms with Crippen LogP contribution in [0.15, 0.2) is 0 Å². The molecule has 1 heterocycles. The van der Waals surface area contributed by atoms with Crippen molar-refractivity contribution in [2.45, 2.75) is 26.1 Å². The van der Waals surface area contributed by atoms with Crippen molar-refractivity contribution in [3.8, 4) is 0 Å². The molecule has 1 atom stereocenters. The summed E-state index contributed by atoms with van der Waals surface area (Å²) in [6.07, 6.45) is -0.0272. The Bertz CT molecular complexity index is 299. The first-order valence-electron chi connectivity index (χ1n) is 5.91. The number of hydrogen-bond acceptors (Lipinski definition) is 5. The summed E-state index contributed by atoms with van der Waals surface area (Å²) < 4.78 is 36.3. The maximum absolute atomic E-state index is 11.6. The Labute approximate surface area is 103 Å². The molecule has 1 fully saturated rings.